The second-order valence-electron chi connectivity index (χ2n) is 8.48. The number of benzene rings is 1. The molecule has 1 aromatic heterocycles. The number of alkyl halides is 3. The molecule has 35 heavy (non-hydrogen) atoms. The van der Waals surface area contributed by atoms with E-state index in [2.05, 4.69) is 25.8 Å². The van der Waals surface area contributed by atoms with E-state index in [1.54, 1.807) is 0 Å². The number of hydrogen-bond acceptors (Lipinski definition) is 4. The van der Waals surface area contributed by atoms with Crippen molar-refractivity contribution in [3.63, 3.8) is 0 Å². The van der Waals surface area contributed by atoms with Crippen molar-refractivity contribution < 1.29 is 27.6 Å². The number of urea groups is 1. The van der Waals surface area contributed by atoms with E-state index < -0.39 is 40.8 Å². The lowest BCUT2D eigenvalue weighted by Gasteiger charge is -2.15. The van der Waals surface area contributed by atoms with E-state index in [9.17, 15) is 27.6 Å². The molecule has 9 nitrogen and oxygen atoms in total. The number of primary amides is 1. The largest absolute Gasteiger partial charge is 0.419 e. The lowest BCUT2D eigenvalue weighted by Crippen LogP contribution is -2.34. The third kappa shape index (κ3) is 5.16. The maximum absolute atomic E-state index is 14.1. The van der Waals surface area contributed by atoms with E-state index in [0.29, 0.717) is 17.8 Å². The van der Waals surface area contributed by atoms with Crippen LogP contribution in [0.2, 0.25) is 0 Å². The summed E-state index contributed by atoms with van der Waals surface area (Å²) in [5.41, 5.74) is 3.97. The third-order valence-corrected chi connectivity index (χ3v) is 6.00. The molecule has 1 aromatic carbocycles. The first-order chi connectivity index (χ1) is 16.5. The highest BCUT2D eigenvalue weighted by molar-refractivity contribution is 6.35. The first kappa shape index (κ1) is 24.3. The zero-order valence-electron chi connectivity index (χ0n) is 18.9. The number of carbonyl (C=O) groups is 3. The standard InChI is InChI=1S/C23H25F3N6O3/c1-12-18(21(34)28-6-9-32-7-2-3-8-32)19(23(24,25)26)17(29-12)11-15-14-10-13(30-22(27)35)4-5-16(14)31-20(15)33/h4-5,10-11,29H,2-3,6-9H2,1H3,(H,28,34)(H,31,33)(H3,27,30,35)/b15-11-. The van der Waals surface area contributed by atoms with E-state index in [4.69, 9.17) is 5.73 Å². The number of carbonyl (C=O) groups excluding carboxylic acids is 3. The Morgan fingerprint density at radius 2 is 1.94 bits per heavy atom. The molecule has 0 bridgehead atoms. The molecule has 0 atom stereocenters. The lowest BCUT2D eigenvalue weighted by molar-refractivity contribution is -0.138. The van der Waals surface area contributed by atoms with Gasteiger partial charge in [-0.2, -0.15) is 13.2 Å². The molecule has 3 heterocycles. The fourth-order valence-corrected chi connectivity index (χ4v) is 4.45. The number of hydrogen-bond donors (Lipinski definition) is 5. The molecule has 4 amide bonds. The van der Waals surface area contributed by atoms with Crippen LogP contribution in [0.5, 0.6) is 0 Å². The fourth-order valence-electron chi connectivity index (χ4n) is 4.45. The maximum atomic E-state index is 14.1. The Kier molecular flexibility index (Phi) is 6.57. The minimum Gasteiger partial charge on any atom is -0.358 e. The Labute approximate surface area is 198 Å². The summed E-state index contributed by atoms with van der Waals surface area (Å²) in [7, 11) is 0. The van der Waals surface area contributed by atoms with Crippen LogP contribution in [0.3, 0.4) is 0 Å². The Bertz CT molecular complexity index is 1210. The average molecular weight is 490 g/mol. The normalized spacial score (nSPS) is 16.9. The summed E-state index contributed by atoms with van der Waals surface area (Å²) >= 11 is 0. The maximum Gasteiger partial charge on any atom is 0.419 e. The number of nitrogens with zero attached hydrogens (tertiary/aromatic N) is 1. The van der Waals surface area contributed by atoms with Crippen LogP contribution < -0.4 is 21.7 Å². The molecule has 2 aliphatic heterocycles. The van der Waals surface area contributed by atoms with Gasteiger partial charge in [0.25, 0.3) is 11.8 Å². The molecule has 6 N–H and O–H groups in total. The van der Waals surface area contributed by atoms with E-state index in [1.165, 1.54) is 25.1 Å². The summed E-state index contributed by atoms with van der Waals surface area (Å²) in [6.07, 6.45) is -1.66. The van der Waals surface area contributed by atoms with Gasteiger partial charge in [0.1, 0.15) is 0 Å². The van der Waals surface area contributed by atoms with Gasteiger partial charge in [0.2, 0.25) is 0 Å². The van der Waals surface area contributed by atoms with E-state index in [1.807, 2.05) is 0 Å². The van der Waals surface area contributed by atoms with Gasteiger partial charge in [0.15, 0.2) is 0 Å². The zero-order valence-corrected chi connectivity index (χ0v) is 18.9. The molecule has 186 valence electrons. The van der Waals surface area contributed by atoms with Crippen molar-refractivity contribution in [3.05, 3.63) is 46.3 Å². The fraction of sp³-hybridized carbons (Fsp3) is 0.348. The Hall–Kier alpha value is -3.80. The van der Waals surface area contributed by atoms with Gasteiger partial charge in [-0.15, -0.1) is 0 Å². The van der Waals surface area contributed by atoms with Gasteiger partial charge in [-0.05, 0) is 57.1 Å². The molecular formula is C23H25F3N6O3. The van der Waals surface area contributed by atoms with Crippen molar-refractivity contribution in [1.29, 1.82) is 0 Å². The number of fused-ring (bicyclic) bond motifs is 1. The summed E-state index contributed by atoms with van der Waals surface area (Å²) in [6.45, 7) is 3.98. The van der Waals surface area contributed by atoms with Crippen molar-refractivity contribution in [2.75, 3.05) is 36.8 Å². The highest BCUT2D eigenvalue weighted by Gasteiger charge is 2.41. The van der Waals surface area contributed by atoms with Crippen LogP contribution in [0.15, 0.2) is 18.2 Å². The van der Waals surface area contributed by atoms with Gasteiger partial charge >= 0.3 is 12.2 Å². The molecule has 4 rings (SSSR count). The van der Waals surface area contributed by atoms with E-state index in [-0.39, 0.29) is 23.5 Å². The smallest absolute Gasteiger partial charge is 0.358 e. The van der Waals surface area contributed by atoms with Gasteiger partial charge in [0, 0.05) is 35.7 Å². The number of H-pyrrole nitrogens is 1. The number of likely N-dealkylation sites (tertiary alicyclic amines) is 1. The number of amides is 4. The van der Waals surface area contributed by atoms with Gasteiger partial charge in [-0.3, -0.25) is 9.59 Å². The molecule has 0 aliphatic carbocycles. The number of halogens is 3. The summed E-state index contributed by atoms with van der Waals surface area (Å²) in [5.74, 6) is -1.45. The van der Waals surface area contributed by atoms with E-state index in [0.717, 1.165) is 32.0 Å². The van der Waals surface area contributed by atoms with Crippen molar-refractivity contribution in [1.82, 2.24) is 15.2 Å². The summed E-state index contributed by atoms with van der Waals surface area (Å²) in [4.78, 5) is 41.2. The monoisotopic (exact) mass is 490 g/mol. The second-order valence-corrected chi connectivity index (χ2v) is 8.48. The van der Waals surface area contributed by atoms with Crippen molar-refractivity contribution >= 4 is 40.9 Å². The summed E-state index contributed by atoms with van der Waals surface area (Å²) < 4.78 is 42.4. The Morgan fingerprint density at radius 1 is 1.23 bits per heavy atom. The van der Waals surface area contributed by atoms with Crippen LogP contribution in [0.25, 0.3) is 11.6 Å². The topological polar surface area (TPSA) is 132 Å². The van der Waals surface area contributed by atoms with Crippen LogP contribution >= 0.6 is 0 Å². The molecule has 2 aromatic rings. The third-order valence-electron chi connectivity index (χ3n) is 6.00. The molecule has 0 radical (unpaired) electrons. The molecule has 2 aliphatic rings. The quantitative estimate of drug-likeness (QED) is 0.398. The number of rotatable bonds is 6. The first-order valence-electron chi connectivity index (χ1n) is 11.1. The molecule has 12 heteroatoms. The van der Waals surface area contributed by atoms with Crippen molar-refractivity contribution in [2.45, 2.75) is 25.9 Å². The highest BCUT2D eigenvalue weighted by atomic mass is 19.4. The second kappa shape index (κ2) is 9.45. The zero-order chi connectivity index (χ0) is 25.3. The van der Waals surface area contributed by atoms with Crippen molar-refractivity contribution in [2.24, 2.45) is 5.73 Å². The first-order valence-corrected chi connectivity index (χ1v) is 11.1. The van der Waals surface area contributed by atoms with Crippen molar-refractivity contribution in [3.8, 4) is 0 Å². The predicted molar refractivity (Wildman–Crippen MR) is 125 cm³/mol. The van der Waals surface area contributed by atoms with Gasteiger partial charge < -0.3 is 31.6 Å². The number of aromatic amines is 1. The van der Waals surface area contributed by atoms with Crippen LogP contribution in [0.1, 0.15) is 45.7 Å². The van der Waals surface area contributed by atoms with Crippen LogP contribution in [-0.2, 0) is 11.0 Å². The molecule has 1 fully saturated rings. The number of nitrogens with two attached hydrogens (primary N) is 1. The highest BCUT2D eigenvalue weighted by Crippen LogP contribution is 2.40. The van der Waals surface area contributed by atoms with Crippen LogP contribution in [0.4, 0.5) is 29.3 Å². The Morgan fingerprint density at radius 3 is 2.60 bits per heavy atom. The lowest BCUT2D eigenvalue weighted by atomic mass is 10.0. The minimum absolute atomic E-state index is 0.0330. The van der Waals surface area contributed by atoms with Gasteiger partial charge in [-0.25, -0.2) is 4.79 Å². The number of anilines is 2. The molecule has 1 saturated heterocycles. The molecule has 0 spiro atoms. The van der Waals surface area contributed by atoms with Gasteiger partial charge in [-0.1, -0.05) is 0 Å². The van der Waals surface area contributed by atoms with Gasteiger partial charge in [0.05, 0.1) is 22.4 Å². The minimum atomic E-state index is -4.86. The molecular weight excluding hydrogens is 465 g/mol. The Balaban J connectivity index is 1.67. The SMILES string of the molecule is Cc1[nH]c(/C=C2\C(=O)Nc3ccc(NC(N)=O)cc32)c(C(F)(F)F)c1C(=O)NCCN1CCCC1. The molecule has 0 unspecified atom stereocenters. The number of aromatic nitrogens is 1. The summed E-state index contributed by atoms with van der Waals surface area (Å²) in [6, 6.07) is 3.60. The van der Waals surface area contributed by atoms with Crippen LogP contribution in [0, 0.1) is 6.92 Å². The van der Waals surface area contributed by atoms with E-state index >= 15 is 0 Å². The number of nitrogens with one attached hydrogen (secondary N) is 4. The predicted octanol–water partition coefficient (Wildman–Crippen LogP) is 3.15. The number of aryl methyl sites for hydroxylation is 1. The van der Waals surface area contributed by atoms with Crippen LogP contribution in [-0.4, -0.2) is 53.9 Å². The molecule has 0 saturated carbocycles. The summed E-state index contributed by atoms with van der Waals surface area (Å²) in [5, 5.41) is 7.52. The average Bonchev–Trinajstić information content (AvgIpc) is 3.46.